The van der Waals surface area contributed by atoms with Crippen LogP contribution in [0.3, 0.4) is 0 Å². The summed E-state index contributed by atoms with van der Waals surface area (Å²) in [4.78, 5) is 0. The summed E-state index contributed by atoms with van der Waals surface area (Å²) in [6, 6.07) is 12.4. The van der Waals surface area contributed by atoms with E-state index in [4.69, 9.17) is 5.73 Å². The molecule has 0 aliphatic heterocycles. The lowest BCUT2D eigenvalue weighted by Gasteiger charge is -2.17. The molecule has 0 fully saturated rings. The molecule has 0 radical (unpaired) electrons. The van der Waals surface area contributed by atoms with E-state index >= 15 is 0 Å². The summed E-state index contributed by atoms with van der Waals surface area (Å²) in [5.41, 5.74) is 9.67. The molecular formula is C15H17FN2. The number of nitrogens with one attached hydrogen (secondary N) is 1. The number of nitrogens with two attached hydrogens (primary N) is 1. The largest absolute Gasteiger partial charge is 0.399 e. The second-order valence-corrected chi connectivity index (χ2v) is 4.49. The van der Waals surface area contributed by atoms with Gasteiger partial charge in [0.2, 0.25) is 0 Å². The van der Waals surface area contributed by atoms with E-state index in [2.05, 4.69) is 5.32 Å². The molecule has 0 saturated carbocycles. The van der Waals surface area contributed by atoms with Gasteiger partial charge in [0, 0.05) is 17.4 Å². The second kappa shape index (κ2) is 5.08. The zero-order chi connectivity index (χ0) is 13.1. The molecule has 0 amide bonds. The maximum absolute atomic E-state index is 12.9. The Kier molecular flexibility index (Phi) is 3.51. The van der Waals surface area contributed by atoms with Crippen LogP contribution in [-0.2, 0) is 0 Å². The standard InChI is InChI=1S/C15H17FN2/c1-10-9-14(17)7-8-15(10)18-11(2)12-3-5-13(16)6-4-12/h3-9,11,18H,17H2,1-2H3. The zero-order valence-corrected chi connectivity index (χ0v) is 10.6. The summed E-state index contributed by atoms with van der Waals surface area (Å²) in [6.45, 7) is 4.05. The van der Waals surface area contributed by atoms with Crippen LogP contribution in [0.15, 0.2) is 42.5 Å². The molecule has 0 aliphatic rings. The van der Waals surface area contributed by atoms with Crippen molar-refractivity contribution in [2.24, 2.45) is 0 Å². The van der Waals surface area contributed by atoms with Crippen LogP contribution < -0.4 is 11.1 Å². The Hall–Kier alpha value is -2.03. The van der Waals surface area contributed by atoms with Gasteiger partial charge in [0.1, 0.15) is 5.82 Å². The molecule has 0 aliphatic carbocycles. The molecule has 18 heavy (non-hydrogen) atoms. The molecule has 2 rings (SSSR count). The number of benzene rings is 2. The van der Waals surface area contributed by atoms with Crippen molar-refractivity contribution in [2.75, 3.05) is 11.1 Å². The first-order valence-electron chi connectivity index (χ1n) is 5.94. The van der Waals surface area contributed by atoms with Crippen LogP contribution >= 0.6 is 0 Å². The Bertz CT molecular complexity index is 535. The number of halogens is 1. The first kappa shape index (κ1) is 12.4. The molecule has 1 atom stereocenters. The SMILES string of the molecule is Cc1cc(N)ccc1NC(C)c1ccc(F)cc1. The third-order valence-corrected chi connectivity index (χ3v) is 2.99. The van der Waals surface area contributed by atoms with Crippen LogP contribution in [0.1, 0.15) is 24.1 Å². The van der Waals surface area contributed by atoms with Crippen molar-refractivity contribution in [1.82, 2.24) is 0 Å². The summed E-state index contributed by atoms with van der Waals surface area (Å²) in [6.07, 6.45) is 0. The summed E-state index contributed by atoms with van der Waals surface area (Å²) >= 11 is 0. The van der Waals surface area contributed by atoms with Crippen molar-refractivity contribution in [3.63, 3.8) is 0 Å². The third kappa shape index (κ3) is 2.80. The molecule has 1 unspecified atom stereocenters. The molecule has 2 aromatic carbocycles. The molecule has 2 nitrogen and oxygen atoms in total. The summed E-state index contributed by atoms with van der Waals surface area (Å²) in [5.74, 6) is -0.213. The van der Waals surface area contributed by atoms with Crippen molar-refractivity contribution >= 4 is 11.4 Å². The van der Waals surface area contributed by atoms with Crippen molar-refractivity contribution in [2.45, 2.75) is 19.9 Å². The molecule has 0 spiro atoms. The number of rotatable bonds is 3. The normalized spacial score (nSPS) is 12.2. The van der Waals surface area contributed by atoms with E-state index in [-0.39, 0.29) is 11.9 Å². The molecule has 3 heteroatoms. The molecular weight excluding hydrogens is 227 g/mol. The van der Waals surface area contributed by atoms with Gasteiger partial charge < -0.3 is 11.1 Å². The minimum atomic E-state index is -0.213. The number of hydrogen-bond donors (Lipinski definition) is 2. The molecule has 0 heterocycles. The van der Waals surface area contributed by atoms with Crippen LogP contribution in [0.25, 0.3) is 0 Å². The Morgan fingerprint density at radius 1 is 1.11 bits per heavy atom. The van der Waals surface area contributed by atoms with E-state index in [0.29, 0.717) is 0 Å². The monoisotopic (exact) mass is 244 g/mol. The van der Waals surface area contributed by atoms with E-state index in [0.717, 1.165) is 22.5 Å². The maximum Gasteiger partial charge on any atom is 0.123 e. The van der Waals surface area contributed by atoms with Crippen LogP contribution in [0, 0.1) is 12.7 Å². The highest BCUT2D eigenvalue weighted by atomic mass is 19.1. The van der Waals surface area contributed by atoms with Gasteiger partial charge in [-0.15, -0.1) is 0 Å². The van der Waals surface area contributed by atoms with E-state index in [1.807, 2.05) is 32.0 Å². The fourth-order valence-corrected chi connectivity index (χ4v) is 1.92. The minimum Gasteiger partial charge on any atom is -0.399 e. The van der Waals surface area contributed by atoms with E-state index in [9.17, 15) is 4.39 Å². The van der Waals surface area contributed by atoms with Gasteiger partial charge in [-0.2, -0.15) is 0 Å². The van der Waals surface area contributed by atoms with E-state index in [1.165, 1.54) is 12.1 Å². The van der Waals surface area contributed by atoms with E-state index < -0.39 is 0 Å². The van der Waals surface area contributed by atoms with Gasteiger partial charge in [0.25, 0.3) is 0 Å². The molecule has 0 aromatic heterocycles. The molecule has 0 saturated heterocycles. The van der Waals surface area contributed by atoms with Gasteiger partial charge in [-0.1, -0.05) is 12.1 Å². The topological polar surface area (TPSA) is 38.0 Å². The van der Waals surface area contributed by atoms with Crippen LogP contribution in [0.2, 0.25) is 0 Å². The van der Waals surface area contributed by atoms with Gasteiger partial charge in [-0.3, -0.25) is 0 Å². The summed E-state index contributed by atoms with van der Waals surface area (Å²) in [5, 5.41) is 3.40. The fraction of sp³-hybridized carbons (Fsp3) is 0.200. The fourth-order valence-electron chi connectivity index (χ4n) is 1.92. The van der Waals surface area contributed by atoms with Crippen molar-refractivity contribution in [3.05, 3.63) is 59.4 Å². The Morgan fingerprint density at radius 2 is 1.78 bits per heavy atom. The Balaban J connectivity index is 2.15. The number of aryl methyl sites for hydroxylation is 1. The molecule has 3 N–H and O–H groups in total. The van der Waals surface area contributed by atoms with Crippen molar-refractivity contribution < 1.29 is 4.39 Å². The van der Waals surface area contributed by atoms with Gasteiger partial charge in [-0.25, -0.2) is 4.39 Å². The Labute approximate surface area is 107 Å². The predicted octanol–water partition coefficient (Wildman–Crippen LogP) is 3.89. The van der Waals surface area contributed by atoms with Gasteiger partial charge in [-0.05, 0) is 55.3 Å². The van der Waals surface area contributed by atoms with Gasteiger partial charge in [0.15, 0.2) is 0 Å². The highest BCUT2D eigenvalue weighted by molar-refractivity contribution is 5.58. The summed E-state index contributed by atoms with van der Waals surface area (Å²) in [7, 11) is 0. The highest BCUT2D eigenvalue weighted by Gasteiger charge is 2.07. The lowest BCUT2D eigenvalue weighted by Crippen LogP contribution is -2.07. The van der Waals surface area contributed by atoms with Crippen LogP contribution in [-0.4, -0.2) is 0 Å². The second-order valence-electron chi connectivity index (χ2n) is 4.49. The average molecular weight is 244 g/mol. The minimum absolute atomic E-state index is 0.118. The van der Waals surface area contributed by atoms with Crippen molar-refractivity contribution in [3.8, 4) is 0 Å². The smallest absolute Gasteiger partial charge is 0.123 e. The maximum atomic E-state index is 12.9. The first-order chi connectivity index (χ1) is 8.56. The van der Waals surface area contributed by atoms with Gasteiger partial charge in [0.05, 0.1) is 0 Å². The van der Waals surface area contributed by atoms with Crippen LogP contribution in [0.5, 0.6) is 0 Å². The van der Waals surface area contributed by atoms with Gasteiger partial charge >= 0.3 is 0 Å². The highest BCUT2D eigenvalue weighted by Crippen LogP contribution is 2.23. The summed E-state index contributed by atoms with van der Waals surface area (Å²) < 4.78 is 12.9. The number of nitrogen functional groups attached to an aromatic ring is 1. The quantitative estimate of drug-likeness (QED) is 0.804. The van der Waals surface area contributed by atoms with E-state index in [1.54, 1.807) is 12.1 Å². The zero-order valence-electron chi connectivity index (χ0n) is 10.6. The van der Waals surface area contributed by atoms with Crippen molar-refractivity contribution in [1.29, 1.82) is 0 Å². The predicted molar refractivity (Wildman–Crippen MR) is 74.0 cm³/mol. The number of hydrogen-bond acceptors (Lipinski definition) is 2. The lowest BCUT2D eigenvalue weighted by molar-refractivity contribution is 0.626. The average Bonchev–Trinajstić information content (AvgIpc) is 2.33. The molecule has 2 aromatic rings. The lowest BCUT2D eigenvalue weighted by atomic mass is 10.1. The first-order valence-corrected chi connectivity index (χ1v) is 5.94. The molecule has 0 bridgehead atoms. The number of anilines is 2. The molecule has 94 valence electrons. The van der Waals surface area contributed by atoms with Crippen LogP contribution in [0.4, 0.5) is 15.8 Å². The third-order valence-electron chi connectivity index (χ3n) is 2.99. The Morgan fingerprint density at radius 3 is 2.39 bits per heavy atom.